The highest BCUT2D eigenvalue weighted by atomic mass is 16.1. The van der Waals surface area contributed by atoms with Crippen LogP contribution in [0.1, 0.15) is 40.4 Å². The van der Waals surface area contributed by atoms with Crippen LogP contribution in [0.2, 0.25) is 0 Å². The van der Waals surface area contributed by atoms with E-state index < -0.39 is 0 Å². The number of fused-ring (bicyclic) bond motifs is 1. The van der Waals surface area contributed by atoms with Gasteiger partial charge in [0.25, 0.3) is 5.91 Å². The molecule has 27 heavy (non-hydrogen) atoms. The molecule has 1 atom stereocenters. The first-order valence-corrected chi connectivity index (χ1v) is 9.89. The SMILES string of the molecule is Cc1ccc(C(=O)NC[C@@H](c2cccc3ccccc23)[NH+]2CCCC2)cc1. The monoisotopic (exact) mass is 359 g/mol. The van der Waals surface area contributed by atoms with E-state index in [1.54, 1.807) is 4.90 Å². The molecule has 0 aromatic heterocycles. The van der Waals surface area contributed by atoms with Gasteiger partial charge < -0.3 is 10.2 Å². The summed E-state index contributed by atoms with van der Waals surface area (Å²) < 4.78 is 0. The molecule has 4 rings (SSSR count). The zero-order valence-corrected chi connectivity index (χ0v) is 15.9. The van der Waals surface area contributed by atoms with Crippen LogP contribution in [0.15, 0.2) is 66.7 Å². The zero-order chi connectivity index (χ0) is 18.6. The molecule has 0 bridgehead atoms. The number of quaternary nitrogens is 1. The van der Waals surface area contributed by atoms with Crippen molar-refractivity contribution in [3.05, 3.63) is 83.4 Å². The molecule has 138 valence electrons. The lowest BCUT2D eigenvalue weighted by Gasteiger charge is -2.26. The van der Waals surface area contributed by atoms with E-state index >= 15 is 0 Å². The molecule has 3 nitrogen and oxygen atoms in total. The summed E-state index contributed by atoms with van der Waals surface area (Å²) in [5.74, 6) is 0.0128. The summed E-state index contributed by atoms with van der Waals surface area (Å²) in [7, 11) is 0. The summed E-state index contributed by atoms with van der Waals surface area (Å²) in [6.07, 6.45) is 2.53. The standard InChI is InChI=1S/C24H26N2O/c1-18-11-13-20(14-12-18)24(27)25-17-23(26-15-4-5-16-26)22-10-6-8-19-7-2-3-9-21(19)22/h2-3,6-14,23H,4-5,15-17H2,1H3,(H,25,27)/p+1/t23-/m0/s1. The first-order chi connectivity index (χ1) is 13.2. The van der Waals surface area contributed by atoms with Crippen LogP contribution in [0, 0.1) is 6.92 Å². The predicted octanol–water partition coefficient (Wildman–Crippen LogP) is 3.30. The van der Waals surface area contributed by atoms with Crippen molar-refractivity contribution in [1.29, 1.82) is 0 Å². The quantitative estimate of drug-likeness (QED) is 0.720. The largest absolute Gasteiger partial charge is 0.346 e. The number of nitrogens with one attached hydrogen (secondary N) is 2. The van der Waals surface area contributed by atoms with E-state index in [1.165, 1.54) is 47.8 Å². The minimum atomic E-state index is 0.0128. The van der Waals surface area contributed by atoms with Gasteiger partial charge in [0.2, 0.25) is 0 Å². The third-order valence-electron chi connectivity index (χ3n) is 5.72. The van der Waals surface area contributed by atoms with Gasteiger partial charge in [-0.05, 0) is 29.8 Å². The molecule has 0 radical (unpaired) electrons. The normalized spacial score (nSPS) is 15.7. The van der Waals surface area contributed by atoms with E-state index in [0.29, 0.717) is 6.54 Å². The van der Waals surface area contributed by atoms with E-state index in [1.807, 2.05) is 31.2 Å². The third kappa shape index (κ3) is 3.88. The highest BCUT2D eigenvalue weighted by Crippen LogP contribution is 2.23. The van der Waals surface area contributed by atoms with Crippen molar-refractivity contribution < 1.29 is 9.69 Å². The minimum absolute atomic E-state index is 0.0128. The Bertz CT molecular complexity index is 921. The topological polar surface area (TPSA) is 33.5 Å². The lowest BCUT2D eigenvalue weighted by molar-refractivity contribution is -0.918. The van der Waals surface area contributed by atoms with Crippen molar-refractivity contribution in [3.8, 4) is 0 Å². The van der Waals surface area contributed by atoms with Crippen LogP contribution >= 0.6 is 0 Å². The summed E-state index contributed by atoms with van der Waals surface area (Å²) in [6.45, 7) is 5.05. The number of rotatable bonds is 5. The van der Waals surface area contributed by atoms with Crippen LogP contribution in [0.3, 0.4) is 0 Å². The van der Waals surface area contributed by atoms with Crippen molar-refractivity contribution in [3.63, 3.8) is 0 Å². The molecule has 0 saturated carbocycles. The maximum atomic E-state index is 12.6. The number of benzene rings is 3. The molecule has 1 aliphatic heterocycles. The van der Waals surface area contributed by atoms with Gasteiger partial charge in [-0.2, -0.15) is 0 Å². The Balaban J connectivity index is 1.59. The molecule has 2 N–H and O–H groups in total. The smallest absolute Gasteiger partial charge is 0.251 e. The highest BCUT2D eigenvalue weighted by molar-refractivity contribution is 5.94. The first kappa shape index (κ1) is 17.7. The molecule has 0 aliphatic carbocycles. The maximum Gasteiger partial charge on any atom is 0.251 e. The Labute approximate surface area is 161 Å². The molecule has 3 aromatic carbocycles. The second kappa shape index (κ2) is 7.93. The van der Waals surface area contributed by atoms with Gasteiger partial charge in [-0.25, -0.2) is 0 Å². The lowest BCUT2D eigenvalue weighted by Crippen LogP contribution is -3.11. The van der Waals surface area contributed by atoms with Gasteiger partial charge >= 0.3 is 0 Å². The molecular formula is C24H27N2O+. The van der Waals surface area contributed by atoms with E-state index in [0.717, 1.165) is 5.56 Å². The average molecular weight is 359 g/mol. The number of hydrogen-bond donors (Lipinski definition) is 2. The van der Waals surface area contributed by atoms with Gasteiger partial charge in [0, 0.05) is 24.0 Å². The number of carbonyl (C=O) groups excluding carboxylic acids is 1. The molecule has 1 saturated heterocycles. The van der Waals surface area contributed by atoms with Gasteiger partial charge in [-0.15, -0.1) is 0 Å². The number of likely N-dealkylation sites (tertiary alicyclic amines) is 1. The molecule has 1 amide bonds. The third-order valence-corrected chi connectivity index (χ3v) is 5.72. The fourth-order valence-corrected chi connectivity index (χ4v) is 4.21. The molecule has 1 heterocycles. The van der Waals surface area contributed by atoms with Crippen LogP contribution in [0.25, 0.3) is 10.8 Å². The average Bonchev–Trinajstić information content (AvgIpc) is 3.23. The number of aryl methyl sites for hydroxylation is 1. The molecular weight excluding hydrogens is 332 g/mol. The van der Waals surface area contributed by atoms with Gasteiger partial charge in [0.1, 0.15) is 6.04 Å². The van der Waals surface area contributed by atoms with Gasteiger partial charge in [0.15, 0.2) is 0 Å². The molecule has 3 heteroatoms. The molecule has 1 fully saturated rings. The molecule has 0 unspecified atom stereocenters. The van der Waals surface area contributed by atoms with Gasteiger partial charge in [-0.1, -0.05) is 60.2 Å². The Morgan fingerprint density at radius 3 is 2.44 bits per heavy atom. The van der Waals surface area contributed by atoms with Crippen molar-refractivity contribution in [2.45, 2.75) is 25.8 Å². The number of hydrogen-bond acceptors (Lipinski definition) is 1. The van der Waals surface area contributed by atoms with Crippen LogP contribution in [0.5, 0.6) is 0 Å². The fourth-order valence-electron chi connectivity index (χ4n) is 4.21. The fraction of sp³-hybridized carbons (Fsp3) is 0.292. The Morgan fingerprint density at radius 2 is 1.67 bits per heavy atom. The predicted molar refractivity (Wildman–Crippen MR) is 110 cm³/mol. The summed E-state index contributed by atoms with van der Waals surface area (Å²) in [5, 5.41) is 5.77. The Kier molecular flexibility index (Phi) is 5.21. The Morgan fingerprint density at radius 1 is 0.963 bits per heavy atom. The summed E-state index contributed by atoms with van der Waals surface area (Å²) in [6, 6.07) is 23.2. The van der Waals surface area contributed by atoms with Crippen molar-refractivity contribution in [2.75, 3.05) is 19.6 Å². The van der Waals surface area contributed by atoms with E-state index in [9.17, 15) is 4.79 Å². The van der Waals surface area contributed by atoms with Crippen LogP contribution in [-0.4, -0.2) is 25.5 Å². The molecule has 1 aliphatic rings. The molecule has 3 aromatic rings. The highest BCUT2D eigenvalue weighted by Gasteiger charge is 2.29. The summed E-state index contributed by atoms with van der Waals surface area (Å²) >= 11 is 0. The lowest BCUT2D eigenvalue weighted by atomic mass is 9.97. The second-order valence-electron chi connectivity index (χ2n) is 7.56. The van der Waals surface area contributed by atoms with Crippen LogP contribution in [-0.2, 0) is 0 Å². The summed E-state index contributed by atoms with van der Waals surface area (Å²) in [4.78, 5) is 14.2. The van der Waals surface area contributed by atoms with Gasteiger partial charge in [-0.3, -0.25) is 4.79 Å². The van der Waals surface area contributed by atoms with Crippen molar-refractivity contribution >= 4 is 16.7 Å². The van der Waals surface area contributed by atoms with E-state index in [4.69, 9.17) is 0 Å². The minimum Gasteiger partial charge on any atom is -0.346 e. The first-order valence-electron chi connectivity index (χ1n) is 9.89. The van der Waals surface area contributed by atoms with Crippen LogP contribution in [0.4, 0.5) is 0 Å². The second-order valence-corrected chi connectivity index (χ2v) is 7.56. The number of carbonyl (C=O) groups is 1. The van der Waals surface area contributed by atoms with E-state index in [2.05, 4.69) is 47.8 Å². The van der Waals surface area contributed by atoms with Gasteiger partial charge in [0.05, 0.1) is 19.6 Å². The maximum absolute atomic E-state index is 12.6. The number of amides is 1. The molecule has 0 spiro atoms. The Hall–Kier alpha value is -2.65. The summed E-state index contributed by atoms with van der Waals surface area (Å²) in [5.41, 5.74) is 3.24. The van der Waals surface area contributed by atoms with Crippen LogP contribution < -0.4 is 10.2 Å². The van der Waals surface area contributed by atoms with Crippen molar-refractivity contribution in [2.24, 2.45) is 0 Å². The van der Waals surface area contributed by atoms with E-state index in [-0.39, 0.29) is 11.9 Å². The zero-order valence-electron chi connectivity index (χ0n) is 15.9. The van der Waals surface area contributed by atoms with Crippen molar-refractivity contribution in [1.82, 2.24) is 5.32 Å².